The van der Waals surface area contributed by atoms with Crippen molar-refractivity contribution in [2.45, 2.75) is 23.4 Å². The van der Waals surface area contributed by atoms with Crippen molar-refractivity contribution in [1.29, 1.82) is 5.26 Å². The van der Waals surface area contributed by atoms with E-state index < -0.39 is 26.1 Å². The summed E-state index contributed by atoms with van der Waals surface area (Å²) in [6, 6.07) is 19.4. The zero-order valence-corrected chi connectivity index (χ0v) is 17.8. The van der Waals surface area contributed by atoms with E-state index in [-0.39, 0.29) is 18.6 Å². The lowest BCUT2D eigenvalue weighted by Crippen LogP contribution is -2.23. The Kier molecular flexibility index (Phi) is 7.04. The third kappa shape index (κ3) is 5.70. The lowest BCUT2D eigenvalue weighted by atomic mass is 10.1. The molecule has 0 heterocycles. The largest absolute Gasteiger partial charge is 0.501 e. The number of hydrogen-bond acceptors (Lipinski definition) is 5. The van der Waals surface area contributed by atoms with E-state index in [2.05, 4.69) is 11.4 Å². The Balaban J connectivity index is 1.70. The second-order valence-corrected chi connectivity index (χ2v) is 8.79. The van der Waals surface area contributed by atoms with Gasteiger partial charge in [-0.25, -0.2) is 8.42 Å². The number of anilines is 1. The van der Waals surface area contributed by atoms with Gasteiger partial charge in [0.1, 0.15) is 12.4 Å². The average Bonchev–Trinajstić information content (AvgIpc) is 2.79. The number of rotatable bonds is 7. The summed E-state index contributed by atoms with van der Waals surface area (Å²) < 4.78 is 66.6. The fraction of sp³-hybridized carbons (Fsp3) is 0.130. The SMILES string of the molecule is N#CCc1ccc(OCc2ccccc2NC(=O)c2ccc(S(=O)(=O)C(F)(F)F)cc2)cc1. The molecule has 0 saturated heterocycles. The van der Waals surface area contributed by atoms with Gasteiger partial charge in [-0.05, 0) is 48.0 Å². The van der Waals surface area contributed by atoms with E-state index in [0.717, 1.165) is 29.8 Å². The molecule has 0 aliphatic rings. The molecule has 0 fully saturated rings. The number of ether oxygens (including phenoxy) is 1. The number of amides is 1. The summed E-state index contributed by atoms with van der Waals surface area (Å²) in [5, 5.41) is 11.4. The number of hydrogen-bond donors (Lipinski definition) is 1. The molecule has 0 radical (unpaired) electrons. The summed E-state index contributed by atoms with van der Waals surface area (Å²) in [4.78, 5) is 11.6. The van der Waals surface area contributed by atoms with E-state index in [1.165, 1.54) is 0 Å². The van der Waals surface area contributed by atoms with Gasteiger partial charge in [-0.2, -0.15) is 18.4 Å². The number of carbonyl (C=O) groups excluding carboxylic acids is 1. The van der Waals surface area contributed by atoms with Gasteiger partial charge in [0, 0.05) is 16.8 Å². The highest BCUT2D eigenvalue weighted by atomic mass is 32.2. The minimum absolute atomic E-state index is 0.0140. The van der Waals surface area contributed by atoms with E-state index in [1.807, 2.05) is 0 Å². The van der Waals surface area contributed by atoms with Crippen molar-refractivity contribution in [3.63, 3.8) is 0 Å². The smallest absolute Gasteiger partial charge is 0.489 e. The lowest BCUT2D eigenvalue weighted by Gasteiger charge is -2.13. The summed E-state index contributed by atoms with van der Waals surface area (Å²) in [6.45, 7) is 0.122. The van der Waals surface area contributed by atoms with E-state index in [9.17, 15) is 26.4 Å². The minimum atomic E-state index is -5.49. The van der Waals surface area contributed by atoms with Gasteiger partial charge in [0.05, 0.1) is 17.4 Å². The van der Waals surface area contributed by atoms with Crippen molar-refractivity contribution in [3.05, 3.63) is 89.5 Å². The molecule has 3 aromatic rings. The van der Waals surface area contributed by atoms with Crippen LogP contribution in [0.25, 0.3) is 0 Å². The van der Waals surface area contributed by atoms with Crippen molar-refractivity contribution >= 4 is 21.4 Å². The number of nitrogens with zero attached hydrogens (tertiary/aromatic N) is 1. The van der Waals surface area contributed by atoms with Gasteiger partial charge in [-0.15, -0.1) is 0 Å². The second-order valence-electron chi connectivity index (χ2n) is 6.85. The molecule has 3 rings (SSSR count). The number of benzene rings is 3. The van der Waals surface area contributed by atoms with Gasteiger partial charge >= 0.3 is 5.51 Å². The molecule has 0 aliphatic heterocycles. The van der Waals surface area contributed by atoms with Gasteiger partial charge in [0.2, 0.25) is 0 Å². The summed E-state index contributed by atoms with van der Waals surface area (Å²) >= 11 is 0. The number of halogens is 3. The maximum Gasteiger partial charge on any atom is 0.501 e. The molecule has 33 heavy (non-hydrogen) atoms. The number of alkyl halides is 3. The van der Waals surface area contributed by atoms with Gasteiger partial charge < -0.3 is 10.1 Å². The molecule has 1 amide bonds. The third-order valence-electron chi connectivity index (χ3n) is 4.60. The van der Waals surface area contributed by atoms with Crippen molar-refractivity contribution in [3.8, 4) is 11.8 Å². The zero-order valence-electron chi connectivity index (χ0n) is 17.0. The van der Waals surface area contributed by atoms with Crippen LogP contribution < -0.4 is 10.1 Å². The number of sulfone groups is 1. The highest BCUT2D eigenvalue weighted by Gasteiger charge is 2.46. The maximum absolute atomic E-state index is 12.7. The van der Waals surface area contributed by atoms with Gasteiger partial charge in [-0.1, -0.05) is 30.3 Å². The van der Waals surface area contributed by atoms with Crippen molar-refractivity contribution < 1.29 is 31.1 Å². The zero-order chi connectivity index (χ0) is 24.1. The molecule has 1 N–H and O–H groups in total. The Morgan fingerprint density at radius 1 is 0.970 bits per heavy atom. The normalized spacial score (nSPS) is 11.5. The molecule has 0 atom stereocenters. The molecule has 0 spiro atoms. The number of carbonyl (C=O) groups is 1. The van der Waals surface area contributed by atoms with Crippen LogP contribution in [-0.2, 0) is 22.9 Å². The molecular formula is C23H17F3N2O4S. The van der Waals surface area contributed by atoms with Crippen molar-refractivity contribution in [2.24, 2.45) is 0 Å². The van der Waals surface area contributed by atoms with Crippen LogP contribution in [0.1, 0.15) is 21.5 Å². The third-order valence-corrected chi connectivity index (χ3v) is 6.10. The van der Waals surface area contributed by atoms with E-state index in [4.69, 9.17) is 10.00 Å². The fourth-order valence-corrected chi connectivity index (χ4v) is 3.60. The monoisotopic (exact) mass is 474 g/mol. The molecule has 0 aliphatic carbocycles. The predicted octanol–water partition coefficient (Wildman–Crippen LogP) is 4.88. The Morgan fingerprint density at radius 3 is 2.21 bits per heavy atom. The van der Waals surface area contributed by atoms with Crippen LogP contribution in [0.3, 0.4) is 0 Å². The van der Waals surface area contributed by atoms with Crippen LogP contribution in [0.5, 0.6) is 5.75 Å². The van der Waals surface area contributed by atoms with Gasteiger partial charge in [-0.3, -0.25) is 4.79 Å². The van der Waals surface area contributed by atoms with Crippen LogP contribution in [0, 0.1) is 11.3 Å². The number of nitrogens with one attached hydrogen (secondary N) is 1. The molecule has 170 valence electrons. The Morgan fingerprint density at radius 2 is 1.61 bits per heavy atom. The van der Waals surface area contributed by atoms with Crippen molar-refractivity contribution in [2.75, 3.05) is 5.32 Å². The molecule has 0 unspecified atom stereocenters. The first-order valence-electron chi connectivity index (χ1n) is 9.51. The van der Waals surface area contributed by atoms with E-state index >= 15 is 0 Å². The summed E-state index contributed by atoms with van der Waals surface area (Å²) in [5.74, 6) is -0.0569. The molecule has 6 nitrogen and oxygen atoms in total. The highest BCUT2D eigenvalue weighted by molar-refractivity contribution is 7.92. The molecule has 0 aromatic heterocycles. The maximum atomic E-state index is 12.7. The second kappa shape index (κ2) is 9.75. The number of nitriles is 1. The Bertz CT molecular complexity index is 1280. The Hall–Kier alpha value is -3.84. The van der Waals surface area contributed by atoms with Crippen LogP contribution in [-0.4, -0.2) is 19.8 Å². The Labute approximate surface area is 188 Å². The van der Waals surface area contributed by atoms with E-state index in [1.54, 1.807) is 48.5 Å². The number of para-hydroxylation sites is 1. The quantitative estimate of drug-likeness (QED) is 0.527. The van der Waals surface area contributed by atoms with E-state index in [0.29, 0.717) is 17.0 Å². The first kappa shape index (κ1) is 23.8. The van der Waals surface area contributed by atoms with Gasteiger partial charge in [0.15, 0.2) is 0 Å². The van der Waals surface area contributed by atoms with Crippen LogP contribution >= 0.6 is 0 Å². The topological polar surface area (TPSA) is 96.3 Å². The van der Waals surface area contributed by atoms with Crippen LogP contribution in [0.2, 0.25) is 0 Å². The fourth-order valence-electron chi connectivity index (χ4n) is 2.84. The highest BCUT2D eigenvalue weighted by Crippen LogP contribution is 2.30. The van der Waals surface area contributed by atoms with Crippen molar-refractivity contribution in [1.82, 2.24) is 0 Å². The minimum Gasteiger partial charge on any atom is -0.489 e. The standard InChI is InChI=1S/C23H17F3N2O4S/c24-23(25,26)33(30,31)20-11-7-17(8-12-20)22(29)28-21-4-2-1-3-18(21)15-32-19-9-5-16(6-10-19)13-14-27/h1-12H,13,15H2,(H,28,29). The summed E-state index contributed by atoms with van der Waals surface area (Å²) in [7, 11) is -5.49. The lowest BCUT2D eigenvalue weighted by molar-refractivity contribution is -0.0436. The summed E-state index contributed by atoms with van der Waals surface area (Å²) in [5.41, 5.74) is -3.52. The first-order valence-corrected chi connectivity index (χ1v) is 11.0. The first-order chi connectivity index (χ1) is 15.6. The van der Waals surface area contributed by atoms with Crippen LogP contribution in [0.4, 0.5) is 18.9 Å². The predicted molar refractivity (Wildman–Crippen MR) is 114 cm³/mol. The molecule has 0 bridgehead atoms. The summed E-state index contributed by atoms with van der Waals surface area (Å²) in [6.07, 6.45) is 0.290. The molecule has 10 heteroatoms. The average molecular weight is 474 g/mol. The molecule has 0 saturated carbocycles. The van der Waals surface area contributed by atoms with Crippen LogP contribution in [0.15, 0.2) is 77.7 Å². The molecular weight excluding hydrogens is 457 g/mol. The molecule has 3 aromatic carbocycles. The van der Waals surface area contributed by atoms with Gasteiger partial charge in [0.25, 0.3) is 15.7 Å².